The Kier molecular flexibility index (Phi) is 2.84. The molecular weight excluding hydrogens is 280 g/mol. The van der Waals surface area contributed by atoms with Gasteiger partial charge in [-0.05, 0) is 30.3 Å². The Balaban J connectivity index is 1.93. The maximum atomic E-state index is 11.2. The van der Waals surface area contributed by atoms with Crippen molar-refractivity contribution in [2.75, 3.05) is 5.32 Å². The van der Waals surface area contributed by atoms with Gasteiger partial charge in [-0.3, -0.25) is 0 Å². The summed E-state index contributed by atoms with van der Waals surface area (Å²) in [7, 11) is -3.68. The number of sulfonamides is 1. The third-order valence-corrected chi connectivity index (χ3v) is 3.56. The highest BCUT2D eigenvalue weighted by atomic mass is 32.2. The number of rotatable bonds is 3. The highest BCUT2D eigenvalue weighted by molar-refractivity contribution is 7.89. The Labute approximate surface area is 114 Å². The van der Waals surface area contributed by atoms with Crippen molar-refractivity contribution in [3.05, 3.63) is 42.9 Å². The van der Waals surface area contributed by atoms with E-state index < -0.39 is 10.0 Å². The predicted octanol–water partition coefficient (Wildman–Crippen LogP) is 0.515. The monoisotopic (exact) mass is 290 g/mol. The van der Waals surface area contributed by atoms with Gasteiger partial charge in [0.25, 0.3) is 5.78 Å². The zero-order chi connectivity index (χ0) is 14.2. The number of aromatic nitrogens is 4. The lowest BCUT2D eigenvalue weighted by molar-refractivity contribution is 0.598. The summed E-state index contributed by atoms with van der Waals surface area (Å²) in [6.07, 6.45) is 3.00. The molecule has 0 saturated heterocycles. The van der Waals surface area contributed by atoms with E-state index in [9.17, 15) is 8.42 Å². The minimum atomic E-state index is -3.68. The van der Waals surface area contributed by atoms with Gasteiger partial charge in [-0.1, -0.05) is 0 Å². The lowest BCUT2D eigenvalue weighted by Gasteiger charge is -2.07. The van der Waals surface area contributed by atoms with Crippen LogP contribution in [0.5, 0.6) is 0 Å². The number of nitrogens with two attached hydrogens (primary N) is 1. The molecule has 0 fully saturated rings. The number of fused-ring (bicyclic) bond motifs is 1. The molecule has 9 heteroatoms. The van der Waals surface area contributed by atoms with Gasteiger partial charge >= 0.3 is 0 Å². The molecule has 3 N–H and O–H groups in total. The van der Waals surface area contributed by atoms with E-state index in [1.807, 2.05) is 0 Å². The zero-order valence-electron chi connectivity index (χ0n) is 10.1. The molecule has 0 amide bonds. The van der Waals surface area contributed by atoms with E-state index in [4.69, 9.17) is 5.14 Å². The van der Waals surface area contributed by atoms with E-state index in [-0.39, 0.29) is 4.90 Å². The normalized spacial score (nSPS) is 11.7. The second-order valence-corrected chi connectivity index (χ2v) is 5.56. The first kappa shape index (κ1) is 12.5. The van der Waals surface area contributed by atoms with Crippen molar-refractivity contribution in [2.24, 2.45) is 5.14 Å². The van der Waals surface area contributed by atoms with E-state index in [0.717, 1.165) is 0 Å². The fraction of sp³-hybridized carbons (Fsp3) is 0. The van der Waals surface area contributed by atoms with Crippen molar-refractivity contribution in [3.8, 4) is 0 Å². The summed E-state index contributed by atoms with van der Waals surface area (Å²) in [6, 6.07) is 7.82. The molecule has 0 radical (unpaired) electrons. The average molecular weight is 290 g/mol. The first-order chi connectivity index (χ1) is 9.54. The molecule has 0 unspecified atom stereocenters. The Morgan fingerprint density at radius 1 is 1.10 bits per heavy atom. The standard InChI is InChI=1S/C11H10N6O2S/c12-20(18,19)9-3-1-8(2-4-9)16-10-5-6-13-11-14-7-15-17(10)11/h1-7,16H,(H2,12,18,19). The smallest absolute Gasteiger partial charge is 0.254 e. The van der Waals surface area contributed by atoms with Gasteiger partial charge in [0.2, 0.25) is 10.0 Å². The third kappa shape index (κ3) is 2.31. The van der Waals surface area contributed by atoms with Crippen LogP contribution in [0, 0.1) is 0 Å². The number of nitrogens with one attached hydrogen (secondary N) is 1. The number of nitrogens with zero attached hydrogens (tertiary/aromatic N) is 4. The molecule has 20 heavy (non-hydrogen) atoms. The van der Waals surface area contributed by atoms with Crippen molar-refractivity contribution in [2.45, 2.75) is 4.90 Å². The molecule has 0 aliphatic rings. The summed E-state index contributed by atoms with van der Waals surface area (Å²) in [6.45, 7) is 0. The number of hydrogen-bond acceptors (Lipinski definition) is 6. The minimum Gasteiger partial charge on any atom is -0.340 e. The molecule has 0 spiro atoms. The number of hydrogen-bond donors (Lipinski definition) is 2. The maximum absolute atomic E-state index is 11.2. The van der Waals surface area contributed by atoms with Gasteiger partial charge in [0.1, 0.15) is 12.1 Å². The van der Waals surface area contributed by atoms with Gasteiger partial charge in [0, 0.05) is 11.9 Å². The lowest BCUT2D eigenvalue weighted by Crippen LogP contribution is -2.11. The van der Waals surface area contributed by atoms with E-state index in [1.54, 1.807) is 24.4 Å². The topological polar surface area (TPSA) is 115 Å². The van der Waals surface area contributed by atoms with Crippen LogP contribution in [-0.4, -0.2) is 28.0 Å². The third-order valence-electron chi connectivity index (χ3n) is 2.64. The van der Waals surface area contributed by atoms with Gasteiger partial charge in [-0.15, -0.1) is 0 Å². The molecular formula is C11H10N6O2S. The summed E-state index contributed by atoms with van der Waals surface area (Å²) in [5.41, 5.74) is 0.695. The van der Waals surface area contributed by atoms with Gasteiger partial charge in [-0.25, -0.2) is 18.5 Å². The summed E-state index contributed by atoms with van der Waals surface area (Å²) in [5.74, 6) is 1.13. The van der Waals surface area contributed by atoms with E-state index in [1.165, 1.54) is 23.0 Å². The molecule has 1 aromatic carbocycles. The first-order valence-electron chi connectivity index (χ1n) is 5.59. The van der Waals surface area contributed by atoms with Crippen LogP contribution in [0.4, 0.5) is 11.5 Å². The van der Waals surface area contributed by atoms with Crippen LogP contribution in [-0.2, 0) is 10.0 Å². The molecule has 0 saturated carbocycles. The van der Waals surface area contributed by atoms with Gasteiger partial charge < -0.3 is 5.32 Å². The molecule has 0 aliphatic heterocycles. The van der Waals surface area contributed by atoms with Crippen LogP contribution >= 0.6 is 0 Å². The molecule has 3 rings (SSSR count). The second-order valence-electron chi connectivity index (χ2n) is 4.00. The van der Waals surface area contributed by atoms with E-state index >= 15 is 0 Å². The molecule has 2 heterocycles. The number of primary sulfonamides is 1. The fourth-order valence-corrected chi connectivity index (χ4v) is 2.22. The van der Waals surface area contributed by atoms with Crippen molar-refractivity contribution < 1.29 is 8.42 Å². The Bertz CT molecular complexity index is 856. The summed E-state index contributed by atoms with van der Waals surface area (Å²) < 4.78 is 23.9. The second kappa shape index (κ2) is 4.54. The van der Waals surface area contributed by atoms with Crippen molar-refractivity contribution in [1.82, 2.24) is 19.6 Å². The van der Waals surface area contributed by atoms with E-state index in [0.29, 0.717) is 17.3 Å². The van der Waals surface area contributed by atoms with E-state index in [2.05, 4.69) is 20.4 Å². The molecule has 2 aromatic heterocycles. The Morgan fingerprint density at radius 3 is 2.55 bits per heavy atom. The van der Waals surface area contributed by atoms with Crippen molar-refractivity contribution >= 4 is 27.3 Å². The summed E-state index contributed by atoms with van der Waals surface area (Å²) in [4.78, 5) is 8.07. The van der Waals surface area contributed by atoms with Gasteiger partial charge in [0.05, 0.1) is 4.90 Å². The average Bonchev–Trinajstić information content (AvgIpc) is 2.88. The first-order valence-corrected chi connectivity index (χ1v) is 7.13. The summed E-state index contributed by atoms with van der Waals surface area (Å²) in [5, 5.41) is 12.2. The zero-order valence-corrected chi connectivity index (χ0v) is 10.9. The minimum absolute atomic E-state index is 0.0590. The number of benzene rings is 1. The molecule has 102 valence electrons. The molecule has 8 nitrogen and oxygen atoms in total. The van der Waals surface area contributed by atoms with Crippen molar-refractivity contribution in [3.63, 3.8) is 0 Å². The van der Waals surface area contributed by atoms with Crippen LogP contribution in [0.3, 0.4) is 0 Å². The van der Waals surface area contributed by atoms with Crippen LogP contribution in [0.15, 0.2) is 47.8 Å². The molecule has 0 aliphatic carbocycles. The highest BCUT2D eigenvalue weighted by Gasteiger charge is 2.07. The number of anilines is 2. The van der Waals surface area contributed by atoms with Gasteiger partial charge in [0.15, 0.2) is 0 Å². The molecule has 0 bridgehead atoms. The Hall–Kier alpha value is -2.52. The van der Waals surface area contributed by atoms with Crippen LogP contribution in [0.1, 0.15) is 0 Å². The quantitative estimate of drug-likeness (QED) is 0.726. The van der Waals surface area contributed by atoms with Gasteiger partial charge in [-0.2, -0.15) is 14.6 Å². The lowest BCUT2D eigenvalue weighted by atomic mass is 10.3. The fourth-order valence-electron chi connectivity index (χ4n) is 1.71. The van der Waals surface area contributed by atoms with Crippen molar-refractivity contribution in [1.29, 1.82) is 0 Å². The summed E-state index contributed by atoms with van der Waals surface area (Å²) >= 11 is 0. The van der Waals surface area contributed by atoms with Crippen LogP contribution < -0.4 is 10.5 Å². The highest BCUT2D eigenvalue weighted by Crippen LogP contribution is 2.18. The predicted molar refractivity (Wildman–Crippen MR) is 71.9 cm³/mol. The van der Waals surface area contributed by atoms with Crippen LogP contribution in [0.25, 0.3) is 5.78 Å². The molecule has 3 aromatic rings. The largest absolute Gasteiger partial charge is 0.340 e. The Morgan fingerprint density at radius 2 is 1.85 bits per heavy atom. The maximum Gasteiger partial charge on any atom is 0.254 e. The SMILES string of the molecule is NS(=O)(=O)c1ccc(Nc2ccnc3ncnn23)cc1. The van der Waals surface area contributed by atoms with Crippen LogP contribution in [0.2, 0.25) is 0 Å². The molecule has 0 atom stereocenters.